The number of aryl methyl sites for hydroxylation is 1. The fourth-order valence-electron chi connectivity index (χ4n) is 2.32. The van der Waals surface area contributed by atoms with Crippen LogP contribution in [0, 0.1) is 6.92 Å². The molecule has 1 aliphatic rings. The summed E-state index contributed by atoms with van der Waals surface area (Å²) in [6, 6.07) is 6.21. The predicted molar refractivity (Wildman–Crippen MR) is 69.9 cm³/mol. The highest BCUT2D eigenvalue weighted by Crippen LogP contribution is 2.23. The van der Waals surface area contributed by atoms with Crippen molar-refractivity contribution in [3.8, 4) is 0 Å². The van der Waals surface area contributed by atoms with Gasteiger partial charge in [0.2, 0.25) is 0 Å². The quantitative estimate of drug-likeness (QED) is 0.730. The number of rotatable bonds is 1. The Labute approximate surface area is 97.8 Å². The van der Waals surface area contributed by atoms with Crippen molar-refractivity contribution >= 4 is 11.4 Å². The summed E-state index contributed by atoms with van der Waals surface area (Å²) < 4.78 is 0. The lowest BCUT2D eigenvalue weighted by Gasteiger charge is -2.24. The van der Waals surface area contributed by atoms with Crippen LogP contribution in [0.15, 0.2) is 18.2 Å². The Morgan fingerprint density at radius 2 is 1.94 bits per heavy atom. The van der Waals surface area contributed by atoms with Crippen molar-refractivity contribution in [3.63, 3.8) is 0 Å². The lowest BCUT2D eigenvalue weighted by molar-refractivity contribution is 0.360. The highest BCUT2D eigenvalue weighted by Gasteiger charge is 2.13. The van der Waals surface area contributed by atoms with Gasteiger partial charge in [0, 0.05) is 31.0 Å². The van der Waals surface area contributed by atoms with Gasteiger partial charge in [0.15, 0.2) is 0 Å². The first-order valence-corrected chi connectivity index (χ1v) is 5.96. The molecule has 1 aromatic carbocycles. The summed E-state index contributed by atoms with van der Waals surface area (Å²) in [5, 5.41) is 0. The molecule has 0 atom stereocenters. The molecule has 88 valence electrons. The molecule has 1 aromatic rings. The van der Waals surface area contributed by atoms with Crippen LogP contribution < -0.4 is 10.6 Å². The second-order valence-corrected chi connectivity index (χ2v) is 4.69. The smallest absolute Gasteiger partial charge is 0.0397 e. The number of nitrogen functional groups attached to an aromatic ring is 1. The van der Waals surface area contributed by atoms with E-state index >= 15 is 0 Å². The molecular formula is C13H21N3. The maximum Gasteiger partial charge on any atom is 0.0397 e. The van der Waals surface area contributed by atoms with Crippen molar-refractivity contribution in [3.05, 3.63) is 23.8 Å². The van der Waals surface area contributed by atoms with Gasteiger partial charge in [0.1, 0.15) is 0 Å². The second-order valence-electron chi connectivity index (χ2n) is 4.69. The van der Waals surface area contributed by atoms with E-state index in [0.717, 1.165) is 25.3 Å². The summed E-state index contributed by atoms with van der Waals surface area (Å²) in [7, 11) is 2.19. The number of hydrogen-bond donors (Lipinski definition) is 1. The molecule has 3 heteroatoms. The van der Waals surface area contributed by atoms with Crippen LogP contribution in [0.4, 0.5) is 11.4 Å². The van der Waals surface area contributed by atoms with Gasteiger partial charge in [-0.25, -0.2) is 0 Å². The van der Waals surface area contributed by atoms with E-state index in [0.29, 0.717) is 0 Å². The highest BCUT2D eigenvalue weighted by molar-refractivity contribution is 5.59. The Morgan fingerprint density at radius 3 is 2.69 bits per heavy atom. The Kier molecular flexibility index (Phi) is 3.34. The average molecular weight is 219 g/mol. The first kappa shape index (κ1) is 11.3. The molecule has 0 saturated carbocycles. The normalized spacial score (nSPS) is 18.5. The van der Waals surface area contributed by atoms with Crippen molar-refractivity contribution in [1.29, 1.82) is 0 Å². The SMILES string of the molecule is Cc1cc(N)ccc1N1CCCN(C)CC1. The molecular weight excluding hydrogens is 198 g/mol. The molecule has 0 aliphatic carbocycles. The van der Waals surface area contributed by atoms with E-state index < -0.39 is 0 Å². The van der Waals surface area contributed by atoms with E-state index in [1.807, 2.05) is 6.07 Å². The molecule has 1 aliphatic heterocycles. The fraction of sp³-hybridized carbons (Fsp3) is 0.538. The molecule has 3 nitrogen and oxygen atoms in total. The summed E-state index contributed by atoms with van der Waals surface area (Å²) in [6.07, 6.45) is 1.24. The zero-order chi connectivity index (χ0) is 11.5. The number of benzene rings is 1. The monoisotopic (exact) mass is 219 g/mol. The van der Waals surface area contributed by atoms with Crippen LogP contribution >= 0.6 is 0 Å². The molecule has 0 radical (unpaired) electrons. The summed E-state index contributed by atoms with van der Waals surface area (Å²) in [6.45, 7) is 6.74. The Hall–Kier alpha value is -1.22. The minimum atomic E-state index is 0.855. The number of hydrogen-bond acceptors (Lipinski definition) is 3. The molecule has 1 saturated heterocycles. The van der Waals surface area contributed by atoms with Crippen LogP contribution in [0.25, 0.3) is 0 Å². The molecule has 16 heavy (non-hydrogen) atoms. The summed E-state index contributed by atoms with van der Waals surface area (Å²) >= 11 is 0. The minimum Gasteiger partial charge on any atom is -0.399 e. The first-order chi connectivity index (χ1) is 7.66. The van der Waals surface area contributed by atoms with Crippen LogP contribution in [0.3, 0.4) is 0 Å². The largest absolute Gasteiger partial charge is 0.399 e. The third kappa shape index (κ3) is 2.47. The van der Waals surface area contributed by atoms with E-state index in [1.54, 1.807) is 0 Å². The lowest BCUT2D eigenvalue weighted by atomic mass is 10.1. The summed E-state index contributed by atoms with van der Waals surface area (Å²) in [5.74, 6) is 0. The minimum absolute atomic E-state index is 0.855. The van der Waals surface area contributed by atoms with Gasteiger partial charge in [-0.05, 0) is 50.7 Å². The van der Waals surface area contributed by atoms with E-state index in [-0.39, 0.29) is 0 Å². The van der Waals surface area contributed by atoms with E-state index in [9.17, 15) is 0 Å². The van der Waals surface area contributed by atoms with Crippen molar-refractivity contribution < 1.29 is 0 Å². The molecule has 0 unspecified atom stereocenters. The first-order valence-electron chi connectivity index (χ1n) is 5.96. The van der Waals surface area contributed by atoms with Gasteiger partial charge in [-0.3, -0.25) is 0 Å². The van der Waals surface area contributed by atoms with Gasteiger partial charge in [-0.2, -0.15) is 0 Å². The van der Waals surface area contributed by atoms with Crippen LogP contribution in [0.1, 0.15) is 12.0 Å². The Balaban J connectivity index is 2.16. The number of anilines is 2. The molecule has 0 amide bonds. The second kappa shape index (κ2) is 4.74. The average Bonchev–Trinajstić information content (AvgIpc) is 2.43. The molecule has 0 bridgehead atoms. The Morgan fingerprint density at radius 1 is 1.12 bits per heavy atom. The summed E-state index contributed by atoms with van der Waals surface area (Å²) in [4.78, 5) is 4.87. The number of likely N-dealkylation sites (N-methyl/N-ethyl adjacent to an activating group) is 1. The zero-order valence-electron chi connectivity index (χ0n) is 10.2. The van der Waals surface area contributed by atoms with Gasteiger partial charge in [-0.1, -0.05) is 0 Å². The highest BCUT2D eigenvalue weighted by atomic mass is 15.2. The lowest BCUT2D eigenvalue weighted by Crippen LogP contribution is -2.29. The third-order valence-electron chi connectivity index (χ3n) is 3.28. The van der Waals surface area contributed by atoms with E-state index in [1.165, 1.54) is 24.2 Å². The van der Waals surface area contributed by atoms with Gasteiger partial charge < -0.3 is 15.5 Å². The predicted octanol–water partition coefficient (Wildman–Crippen LogP) is 1.72. The van der Waals surface area contributed by atoms with Crippen molar-refractivity contribution in [2.75, 3.05) is 43.9 Å². The maximum absolute atomic E-state index is 5.78. The topological polar surface area (TPSA) is 32.5 Å². The van der Waals surface area contributed by atoms with Crippen LogP contribution in [-0.2, 0) is 0 Å². The molecule has 1 heterocycles. The van der Waals surface area contributed by atoms with Gasteiger partial charge in [-0.15, -0.1) is 0 Å². The van der Waals surface area contributed by atoms with Gasteiger partial charge in [0.05, 0.1) is 0 Å². The zero-order valence-corrected chi connectivity index (χ0v) is 10.2. The number of nitrogens with zero attached hydrogens (tertiary/aromatic N) is 2. The van der Waals surface area contributed by atoms with Crippen molar-refractivity contribution in [2.45, 2.75) is 13.3 Å². The Bertz CT molecular complexity index is 362. The van der Waals surface area contributed by atoms with E-state index in [4.69, 9.17) is 5.73 Å². The molecule has 1 fully saturated rings. The fourth-order valence-corrected chi connectivity index (χ4v) is 2.32. The van der Waals surface area contributed by atoms with Crippen LogP contribution in [0.5, 0.6) is 0 Å². The van der Waals surface area contributed by atoms with Crippen molar-refractivity contribution in [1.82, 2.24) is 4.90 Å². The van der Waals surface area contributed by atoms with Gasteiger partial charge >= 0.3 is 0 Å². The molecule has 0 aromatic heterocycles. The van der Waals surface area contributed by atoms with Crippen LogP contribution in [-0.4, -0.2) is 38.1 Å². The molecule has 2 rings (SSSR count). The van der Waals surface area contributed by atoms with Gasteiger partial charge in [0.25, 0.3) is 0 Å². The molecule has 2 N–H and O–H groups in total. The number of nitrogens with two attached hydrogens (primary N) is 1. The maximum atomic E-state index is 5.78. The van der Waals surface area contributed by atoms with Crippen molar-refractivity contribution in [2.24, 2.45) is 0 Å². The van der Waals surface area contributed by atoms with E-state index in [2.05, 4.69) is 35.9 Å². The molecule has 0 spiro atoms. The third-order valence-corrected chi connectivity index (χ3v) is 3.28. The van der Waals surface area contributed by atoms with Crippen LogP contribution in [0.2, 0.25) is 0 Å². The summed E-state index contributed by atoms with van der Waals surface area (Å²) in [5.41, 5.74) is 9.26. The standard InChI is InChI=1S/C13H21N3/c1-11-10-12(14)4-5-13(11)16-7-3-6-15(2)8-9-16/h4-5,10H,3,6-9,14H2,1-2H3.